The summed E-state index contributed by atoms with van der Waals surface area (Å²) in [5.41, 5.74) is 4.83. The summed E-state index contributed by atoms with van der Waals surface area (Å²) in [5, 5.41) is 14.4. The van der Waals surface area contributed by atoms with Crippen LogP contribution in [0.5, 0.6) is 0 Å². The minimum atomic E-state index is -0.302. The van der Waals surface area contributed by atoms with Crippen LogP contribution in [0.1, 0.15) is 47.6 Å². The van der Waals surface area contributed by atoms with E-state index >= 15 is 0 Å². The molecule has 1 aliphatic heterocycles. The van der Waals surface area contributed by atoms with Crippen LogP contribution in [0, 0.1) is 0 Å². The molecule has 190 valence electrons. The summed E-state index contributed by atoms with van der Waals surface area (Å²) in [5.74, 6) is 0.640. The zero-order valence-corrected chi connectivity index (χ0v) is 21.3. The minimum Gasteiger partial charge on any atom is -0.447 e. The van der Waals surface area contributed by atoms with Crippen molar-refractivity contribution in [1.29, 1.82) is 0 Å². The van der Waals surface area contributed by atoms with Crippen LogP contribution in [0.3, 0.4) is 0 Å². The third kappa shape index (κ3) is 5.57. The molecular formula is C28H29N5O3S. The molecule has 2 aromatic heterocycles. The molecule has 8 nitrogen and oxygen atoms in total. The molecule has 0 unspecified atom stereocenters. The van der Waals surface area contributed by atoms with Crippen molar-refractivity contribution in [1.82, 2.24) is 15.0 Å². The number of nitrogens with zero attached hydrogens (tertiary/aromatic N) is 4. The van der Waals surface area contributed by atoms with E-state index in [1.165, 1.54) is 5.56 Å². The quantitative estimate of drug-likeness (QED) is 0.360. The second kappa shape index (κ2) is 10.4. The van der Waals surface area contributed by atoms with E-state index in [1.54, 1.807) is 16.2 Å². The average molecular weight is 516 g/mol. The van der Waals surface area contributed by atoms with E-state index in [4.69, 9.17) is 19.7 Å². The molecule has 1 amide bonds. The van der Waals surface area contributed by atoms with Gasteiger partial charge in [-0.2, -0.15) is 0 Å². The van der Waals surface area contributed by atoms with Crippen molar-refractivity contribution in [3.8, 4) is 0 Å². The van der Waals surface area contributed by atoms with Gasteiger partial charge in [-0.25, -0.2) is 19.7 Å². The van der Waals surface area contributed by atoms with Crippen LogP contribution in [0.15, 0.2) is 54.6 Å². The molecule has 1 saturated carbocycles. The van der Waals surface area contributed by atoms with Gasteiger partial charge in [0, 0.05) is 24.6 Å². The summed E-state index contributed by atoms with van der Waals surface area (Å²) in [6.45, 7) is 0.985. The molecule has 0 bridgehead atoms. The van der Waals surface area contributed by atoms with Gasteiger partial charge in [0.2, 0.25) is 5.95 Å². The molecule has 9 heteroatoms. The number of anilines is 2. The number of aromatic nitrogens is 3. The maximum Gasteiger partial charge on any atom is 0.414 e. The van der Waals surface area contributed by atoms with Crippen molar-refractivity contribution in [3.63, 3.8) is 0 Å². The second-order valence-electron chi connectivity index (χ2n) is 9.69. The molecule has 2 N–H and O–H groups in total. The summed E-state index contributed by atoms with van der Waals surface area (Å²) < 4.78 is 6.12. The number of fused-ring (bicyclic) bond motifs is 1. The monoisotopic (exact) mass is 515 g/mol. The van der Waals surface area contributed by atoms with Gasteiger partial charge in [0.1, 0.15) is 6.61 Å². The average Bonchev–Trinajstić information content (AvgIpc) is 3.50. The molecule has 3 heterocycles. The Morgan fingerprint density at radius 1 is 0.973 bits per heavy atom. The van der Waals surface area contributed by atoms with Gasteiger partial charge in [0.05, 0.1) is 39.3 Å². The molecule has 0 atom stereocenters. The van der Waals surface area contributed by atoms with E-state index in [1.807, 2.05) is 36.4 Å². The van der Waals surface area contributed by atoms with Gasteiger partial charge in [-0.1, -0.05) is 30.3 Å². The number of benzene rings is 2. The van der Waals surface area contributed by atoms with E-state index in [0.717, 1.165) is 64.4 Å². The lowest BCUT2D eigenvalue weighted by Gasteiger charge is -2.26. The highest BCUT2D eigenvalue weighted by molar-refractivity contribution is 7.18. The van der Waals surface area contributed by atoms with Crippen molar-refractivity contribution in [3.05, 3.63) is 76.6 Å². The third-order valence-corrected chi connectivity index (χ3v) is 7.93. The Morgan fingerprint density at radius 3 is 2.51 bits per heavy atom. The summed E-state index contributed by atoms with van der Waals surface area (Å²) in [4.78, 5) is 28.2. The molecule has 2 aliphatic rings. The number of thiazole rings is 1. The lowest BCUT2D eigenvalue weighted by molar-refractivity contribution is 0.126. The van der Waals surface area contributed by atoms with Crippen molar-refractivity contribution < 1.29 is 14.6 Å². The summed E-state index contributed by atoms with van der Waals surface area (Å²) >= 11 is 1.62. The minimum absolute atomic E-state index is 0.199. The highest BCUT2D eigenvalue weighted by atomic mass is 32.1. The standard InChI is InChI=1S/C28H29N5O3S/c34-23-9-6-19(7-10-23)29-27-30-20(14-18-4-2-1-3-5-18)15-21(31-27)16-26-32-24-11-8-22(17-25(24)37-26)33-12-13-36-28(33)35/h1-5,8,11,15,17,19,23,34H,6-7,9-10,12-14,16H2,(H,29,30,31). The van der Waals surface area contributed by atoms with Gasteiger partial charge in [-0.15, -0.1) is 11.3 Å². The lowest BCUT2D eigenvalue weighted by Crippen LogP contribution is -2.29. The molecule has 2 fully saturated rings. The Hall–Kier alpha value is -3.56. The molecular weight excluding hydrogens is 486 g/mol. The Morgan fingerprint density at radius 2 is 1.76 bits per heavy atom. The van der Waals surface area contributed by atoms with Crippen molar-refractivity contribution in [2.45, 2.75) is 50.7 Å². The summed E-state index contributed by atoms with van der Waals surface area (Å²) in [6, 6.07) is 18.5. The smallest absolute Gasteiger partial charge is 0.414 e. The molecule has 6 rings (SSSR count). The largest absolute Gasteiger partial charge is 0.447 e. The van der Waals surface area contributed by atoms with E-state index < -0.39 is 0 Å². The summed E-state index contributed by atoms with van der Waals surface area (Å²) in [7, 11) is 0. The van der Waals surface area contributed by atoms with E-state index in [2.05, 4.69) is 23.5 Å². The lowest BCUT2D eigenvalue weighted by atomic mass is 9.93. The molecule has 2 aromatic carbocycles. The first-order chi connectivity index (χ1) is 18.1. The zero-order chi connectivity index (χ0) is 25.2. The van der Waals surface area contributed by atoms with Crippen LogP contribution in [0.25, 0.3) is 10.2 Å². The molecule has 37 heavy (non-hydrogen) atoms. The number of hydrogen-bond donors (Lipinski definition) is 2. The van der Waals surface area contributed by atoms with Gasteiger partial charge in [0.25, 0.3) is 0 Å². The predicted molar refractivity (Wildman–Crippen MR) is 144 cm³/mol. The SMILES string of the molecule is O=C1OCCN1c1ccc2nc(Cc3cc(Cc4ccccc4)nc(NC4CCC(O)CC4)n3)sc2c1. The number of aliphatic hydroxyl groups excluding tert-OH is 1. The number of amides is 1. The molecule has 1 aliphatic carbocycles. The number of ether oxygens (including phenoxy) is 1. The first-order valence-electron chi connectivity index (χ1n) is 12.8. The van der Waals surface area contributed by atoms with Crippen LogP contribution < -0.4 is 10.2 Å². The van der Waals surface area contributed by atoms with Gasteiger partial charge in [0.15, 0.2) is 0 Å². The Labute approximate surface area is 219 Å². The Bertz CT molecular complexity index is 1400. The number of carbonyl (C=O) groups excluding carboxylic acids is 1. The number of cyclic esters (lactones) is 1. The number of nitrogens with one attached hydrogen (secondary N) is 1. The van der Waals surface area contributed by atoms with E-state index in [0.29, 0.717) is 25.5 Å². The van der Waals surface area contributed by atoms with Crippen molar-refractivity contribution in [2.24, 2.45) is 0 Å². The number of rotatable bonds is 7. The van der Waals surface area contributed by atoms with E-state index in [9.17, 15) is 9.90 Å². The van der Waals surface area contributed by atoms with Crippen molar-refractivity contribution >= 4 is 39.3 Å². The number of hydrogen-bond acceptors (Lipinski definition) is 8. The highest BCUT2D eigenvalue weighted by Crippen LogP contribution is 2.30. The topological polar surface area (TPSA) is 100 Å². The molecule has 0 spiro atoms. The maximum atomic E-state index is 12.0. The van der Waals surface area contributed by atoms with Gasteiger partial charge in [-0.3, -0.25) is 4.90 Å². The van der Waals surface area contributed by atoms with Crippen LogP contribution in [0.2, 0.25) is 0 Å². The third-order valence-electron chi connectivity index (χ3n) is 6.91. The second-order valence-corrected chi connectivity index (χ2v) is 10.8. The van der Waals surface area contributed by atoms with Crippen LogP contribution >= 0.6 is 11.3 Å². The fraction of sp³-hybridized carbons (Fsp3) is 0.357. The molecule has 0 radical (unpaired) electrons. The van der Waals surface area contributed by atoms with Gasteiger partial charge < -0.3 is 15.2 Å². The van der Waals surface area contributed by atoms with Gasteiger partial charge >= 0.3 is 6.09 Å². The first kappa shape index (κ1) is 23.8. The first-order valence-corrected chi connectivity index (χ1v) is 13.6. The Kier molecular flexibility index (Phi) is 6.72. The normalized spacial score (nSPS) is 19.8. The number of aliphatic hydroxyl groups is 1. The van der Waals surface area contributed by atoms with Crippen LogP contribution in [-0.4, -0.2) is 51.4 Å². The van der Waals surface area contributed by atoms with Crippen molar-refractivity contribution in [2.75, 3.05) is 23.4 Å². The van der Waals surface area contributed by atoms with Crippen LogP contribution in [0.4, 0.5) is 16.4 Å². The molecule has 1 saturated heterocycles. The Balaban J connectivity index is 1.26. The zero-order valence-electron chi connectivity index (χ0n) is 20.5. The highest BCUT2D eigenvalue weighted by Gasteiger charge is 2.24. The fourth-order valence-corrected chi connectivity index (χ4v) is 6.01. The summed E-state index contributed by atoms with van der Waals surface area (Å²) in [6.07, 6.45) is 4.25. The van der Waals surface area contributed by atoms with E-state index in [-0.39, 0.29) is 18.2 Å². The number of carbonyl (C=O) groups is 1. The predicted octanol–water partition coefficient (Wildman–Crippen LogP) is 4.94. The molecule has 4 aromatic rings. The maximum absolute atomic E-state index is 12.0. The fourth-order valence-electron chi connectivity index (χ4n) is 4.99. The van der Waals surface area contributed by atoms with Gasteiger partial charge in [-0.05, 0) is 55.5 Å². The van der Waals surface area contributed by atoms with Crippen LogP contribution in [-0.2, 0) is 17.6 Å².